The van der Waals surface area contributed by atoms with E-state index in [0.29, 0.717) is 18.6 Å². The monoisotopic (exact) mass is 482 g/mol. The van der Waals surface area contributed by atoms with Gasteiger partial charge < -0.3 is 14.5 Å². The third-order valence-electron chi connectivity index (χ3n) is 6.86. The van der Waals surface area contributed by atoms with Crippen molar-refractivity contribution in [2.75, 3.05) is 31.1 Å². The van der Waals surface area contributed by atoms with Gasteiger partial charge in [0.1, 0.15) is 11.9 Å². The van der Waals surface area contributed by atoms with Gasteiger partial charge in [-0.05, 0) is 44.4 Å². The average Bonchev–Trinajstić information content (AvgIpc) is 3.25. The maximum Gasteiger partial charge on any atom is 0.410 e. The third kappa shape index (κ3) is 5.03. The number of carbonyl (C=O) groups excluding carboxylic acids is 1. The SMILES string of the molecule is C[C@@H]1CN(c2nc3cc(F)ccc3s2)[C@@H](C)CN1C(=O)OC1CCN(Cc2ccccc2)CC1. The molecule has 180 valence electrons. The number of fused-ring (bicyclic) bond motifs is 1. The minimum atomic E-state index is -0.274. The van der Waals surface area contributed by atoms with Crippen LogP contribution in [-0.4, -0.2) is 65.2 Å². The number of halogens is 1. The van der Waals surface area contributed by atoms with E-state index >= 15 is 0 Å². The van der Waals surface area contributed by atoms with Crippen molar-refractivity contribution in [3.63, 3.8) is 0 Å². The summed E-state index contributed by atoms with van der Waals surface area (Å²) in [5.74, 6) is -0.274. The normalized spacial score (nSPS) is 22.3. The molecule has 5 rings (SSSR count). The predicted molar refractivity (Wildman–Crippen MR) is 134 cm³/mol. The smallest absolute Gasteiger partial charge is 0.410 e. The summed E-state index contributed by atoms with van der Waals surface area (Å²) < 4.78 is 20.5. The van der Waals surface area contributed by atoms with Crippen LogP contribution in [0.15, 0.2) is 48.5 Å². The molecule has 8 heteroatoms. The van der Waals surface area contributed by atoms with Crippen molar-refractivity contribution in [1.29, 1.82) is 0 Å². The van der Waals surface area contributed by atoms with E-state index in [4.69, 9.17) is 4.74 Å². The van der Waals surface area contributed by atoms with Crippen molar-refractivity contribution in [2.45, 2.75) is 51.4 Å². The summed E-state index contributed by atoms with van der Waals surface area (Å²) in [5, 5.41) is 0.874. The second-order valence-electron chi connectivity index (χ2n) is 9.46. The number of carbonyl (C=O) groups is 1. The van der Waals surface area contributed by atoms with Crippen LogP contribution in [0.3, 0.4) is 0 Å². The van der Waals surface area contributed by atoms with Crippen molar-refractivity contribution in [2.24, 2.45) is 0 Å². The van der Waals surface area contributed by atoms with Crippen LogP contribution in [-0.2, 0) is 11.3 Å². The van der Waals surface area contributed by atoms with Gasteiger partial charge in [0.15, 0.2) is 5.13 Å². The molecule has 0 spiro atoms. The molecule has 3 heterocycles. The fraction of sp³-hybridized carbons (Fsp3) is 0.462. The van der Waals surface area contributed by atoms with Crippen LogP contribution in [0, 0.1) is 5.82 Å². The second kappa shape index (κ2) is 9.88. The van der Waals surface area contributed by atoms with Crippen LogP contribution in [0.4, 0.5) is 14.3 Å². The highest BCUT2D eigenvalue weighted by Crippen LogP contribution is 2.32. The van der Waals surface area contributed by atoms with Crippen molar-refractivity contribution in [3.05, 3.63) is 59.9 Å². The Morgan fingerprint density at radius 1 is 1.09 bits per heavy atom. The van der Waals surface area contributed by atoms with E-state index < -0.39 is 0 Å². The Morgan fingerprint density at radius 3 is 2.62 bits per heavy atom. The number of rotatable bonds is 4. The number of hydrogen-bond donors (Lipinski definition) is 0. The fourth-order valence-corrected chi connectivity index (χ4v) is 5.95. The number of thiazole rings is 1. The summed E-state index contributed by atoms with van der Waals surface area (Å²) in [7, 11) is 0. The lowest BCUT2D eigenvalue weighted by Crippen LogP contribution is -2.58. The number of piperidine rings is 1. The average molecular weight is 483 g/mol. The van der Waals surface area contributed by atoms with Crippen LogP contribution in [0.2, 0.25) is 0 Å². The van der Waals surface area contributed by atoms with E-state index in [1.165, 1.54) is 17.7 Å². The van der Waals surface area contributed by atoms with Crippen LogP contribution >= 0.6 is 11.3 Å². The van der Waals surface area contributed by atoms with Gasteiger partial charge in [-0.3, -0.25) is 4.90 Å². The number of likely N-dealkylation sites (tertiary alicyclic amines) is 1. The van der Waals surface area contributed by atoms with Gasteiger partial charge in [-0.1, -0.05) is 41.7 Å². The summed E-state index contributed by atoms with van der Waals surface area (Å²) in [4.78, 5) is 24.2. The first-order valence-corrected chi connectivity index (χ1v) is 12.8. The Kier molecular flexibility index (Phi) is 6.70. The molecule has 1 amide bonds. The molecule has 2 atom stereocenters. The number of aromatic nitrogens is 1. The predicted octanol–water partition coefficient (Wildman–Crippen LogP) is 5.14. The van der Waals surface area contributed by atoms with Gasteiger partial charge in [0, 0.05) is 50.9 Å². The molecule has 3 aromatic rings. The molecule has 2 aliphatic heterocycles. The van der Waals surface area contributed by atoms with Crippen LogP contribution in [0.25, 0.3) is 10.2 Å². The molecular formula is C26H31FN4O2S. The van der Waals surface area contributed by atoms with Gasteiger partial charge in [0.25, 0.3) is 0 Å². The molecule has 0 radical (unpaired) electrons. The van der Waals surface area contributed by atoms with E-state index in [-0.39, 0.29) is 30.1 Å². The third-order valence-corrected chi connectivity index (χ3v) is 7.93. The molecule has 34 heavy (non-hydrogen) atoms. The lowest BCUT2D eigenvalue weighted by molar-refractivity contribution is 0.0166. The number of nitrogens with zero attached hydrogens (tertiary/aromatic N) is 4. The lowest BCUT2D eigenvalue weighted by atomic mass is 10.1. The van der Waals surface area contributed by atoms with Gasteiger partial charge in [0.2, 0.25) is 0 Å². The highest BCUT2D eigenvalue weighted by Gasteiger charge is 2.35. The zero-order valence-electron chi connectivity index (χ0n) is 19.7. The Hall–Kier alpha value is -2.71. The van der Waals surface area contributed by atoms with Gasteiger partial charge in [-0.15, -0.1) is 0 Å². The summed E-state index contributed by atoms with van der Waals surface area (Å²) in [5.41, 5.74) is 2.00. The van der Waals surface area contributed by atoms with Gasteiger partial charge in [0.05, 0.1) is 10.2 Å². The van der Waals surface area contributed by atoms with Gasteiger partial charge in [-0.25, -0.2) is 14.2 Å². The first kappa shape index (κ1) is 23.1. The molecule has 2 fully saturated rings. The molecule has 0 aliphatic carbocycles. The van der Waals surface area contributed by atoms with Gasteiger partial charge >= 0.3 is 6.09 Å². The number of piperazine rings is 1. The van der Waals surface area contributed by atoms with E-state index in [0.717, 1.165) is 42.3 Å². The van der Waals surface area contributed by atoms with Crippen molar-refractivity contribution in [3.8, 4) is 0 Å². The summed E-state index contributed by atoms with van der Waals surface area (Å²) in [6, 6.07) is 15.3. The van der Waals surface area contributed by atoms with Crippen LogP contribution < -0.4 is 4.90 Å². The molecule has 0 saturated carbocycles. The largest absolute Gasteiger partial charge is 0.446 e. The number of anilines is 1. The summed E-state index contributed by atoms with van der Waals surface area (Å²) >= 11 is 1.57. The van der Waals surface area contributed by atoms with Crippen molar-refractivity contribution >= 4 is 32.8 Å². The highest BCUT2D eigenvalue weighted by atomic mass is 32.1. The molecule has 1 aromatic heterocycles. The molecule has 6 nitrogen and oxygen atoms in total. The first-order valence-electron chi connectivity index (χ1n) is 12.0. The Balaban J connectivity index is 1.15. The Morgan fingerprint density at radius 2 is 1.85 bits per heavy atom. The molecule has 0 N–H and O–H groups in total. The zero-order chi connectivity index (χ0) is 23.7. The quantitative estimate of drug-likeness (QED) is 0.516. The first-order chi connectivity index (χ1) is 16.5. The summed E-state index contributed by atoms with van der Waals surface area (Å²) in [6.45, 7) is 8.22. The maximum atomic E-state index is 13.6. The number of hydrogen-bond acceptors (Lipinski definition) is 6. The van der Waals surface area contributed by atoms with E-state index in [1.54, 1.807) is 17.4 Å². The minimum Gasteiger partial charge on any atom is -0.446 e. The van der Waals surface area contributed by atoms with E-state index in [1.807, 2.05) is 11.0 Å². The molecule has 0 bridgehead atoms. The number of amides is 1. The lowest BCUT2D eigenvalue weighted by Gasteiger charge is -2.44. The molecule has 0 unspecified atom stereocenters. The van der Waals surface area contributed by atoms with Crippen molar-refractivity contribution in [1.82, 2.24) is 14.8 Å². The topological polar surface area (TPSA) is 48.9 Å². The minimum absolute atomic E-state index is 0.00520. The van der Waals surface area contributed by atoms with Crippen LogP contribution in [0.5, 0.6) is 0 Å². The molecule has 2 saturated heterocycles. The van der Waals surface area contributed by atoms with Gasteiger partial charge in [-0.2, -0.15) is 0 Å². The second-order valence-corrected chi connectivity index (χ2v) is 10.5. The maximum absolute atomic E-state index is 13.6. The Labute approximate surface area is 203 Å². The van der Waals surface area contributed by atoms with Crippen molar-refractivity contribution < 1.29 is 13.9 Å². The zero-order valence-corrected chi connectivity index (χ0v) is 20.5. The number of benzene rings is 2. The number of ether oxygens (including phenoxy) is 1. The standard InChI is InChI=1S/C26H31FN4O2S/c1-18-16-31(19(2)15-30(18)25-28-23-14-21(27)8-9-24(23)34-25)26(32)33-22-10-12-29(13-11-22)17-20-6-4-3-5-7-20/h3-9,14,18-19,22H,10-13,15-17H2,1-2H3/t18-,19+/m0/s1. The highest BCUT2D eigenvalue weighted by molar-refractivity contribution is 7.22. The van der Waals surface area contributed by atoms with E-state index in [9.17, 15) is 9.18 Å². The van der Waals surface area contributed by atoms with Crippen LogP contribution in [0.1, 0.15) is 32.3 Å². The molecule has 2 aromatic carbocycles. The Bertz CT molecular complexity index is 1130. The fourth-order valence-electron chi connectivity index (χ4n) is 4.90. The van der Waals surface area contributed by atoms with E-state index in [2.05, 4.69) is 52.9 Å². The molecule has 2 aliphatic rings. The summed E-state index contributed by atoms with van der Waals surface area (Å²) in [6.07, 6.45) is 1.49. The molecular weight excluding hydrogens is 451 g/mol.